The Morgan fingerprint density at radius 1 is 1.25 bits per heavy atom. The highest BCUT2D eigenvalue weighted by molar-refractivity contribution is 6.32. The molecule has 2 rings (SSSR count). The lowest BCUT2D eigenvalue weighted by Gasteiger charge is -2.30. The lowest BCUT2D eigenvalue weighted by Crippen LogP contribution is -2.38. The van der Waals surface area contributed by atoms with Gasteiger partial charge in [0.15, 0.2) is 0 Å². The Morgan fingerprint density at radius 2 is 1.95 bits per heavy atom. The molecule has 0 spiro atoms. The molecule has 0 saturated heterocycles. The van der Waals surface area contributed by atoms with Crippen molar-refractivity contribution in [2.45, 2.75) is 18.9 Å². The van der Waals surface area contributed by atoms with Gasteiger partial charge in [-0.3, -0.25) is 0 Å². The fraction of sp³-hybridized carbons (Fsp3) is 0.250. The van der Waals surface area contributed by atoms with Gasteiger partial charge in [-0.05, 0) is 30.2 Å². The van der Waals surface area contributed by atoms with Crippen molar-refractivity contribution in [1.82, 2.24) is 0 Å². The van der Waals surface area contributed by atoms with E-state index in [-0.39, 0.29) is 5.82 Å². The van der Waals surface area contributed by atoms with Crippen LogP contribution in [0.25, 0.3) is 0 Å². The molecule has 2 N–H and O–H groups in total. The van der Waals surface area contributed by atoms with E-state index in [1.807, 2.05) is 6.92 Å². The largest absolute Gasteiger partial charge is 0.495 e. The van der Waals surface area contributed by atoms with E-state index >= 15 is 0 Å². The minimum atomic E-state index is -0.913. The first-order valence-corrected chi connectivity index (χ1v) is 6.78. The van der Waals surface area contributed by atoms with Crippen LogP contribution in [0.15, 0.2) is 42.5 Å². The van der Waals surface area contributed by atoms with Gasteiger partial charge in [0.05, 0.1) is 17.7 Å². The third-order valence-corrected chi connectivity index (χ3v) is 3.89. The quantitative estimate of drug-likeness (QED) is 0.921. The highest BCUT2D eigenvalue weighted by Crippen LogP contribution is 2.36. The first-order valence-electron chi connectivity index (χ1n) is 6.41. The molecule has 0 saturated carbocycles. The average Bonchev–Trinajstić information content (AvgIpc) is 2.47. The summed E-state index contributed by atoms with van der Waals surface area (Å²) >= 11 is 6.03. The van der Waals surface area contributed by atoms with Gasteiger partial charge >= 0.3 is 0 Å². The zero-order chi connectivity index (χ0) is 14.8. The SMILES string of the molecule is CCC(N)(c1ccc(Cl)c(OC)c1)c1ccccc1F. The van der Waals surface area contributed by atoms with Gasteiger partial charge in [-0.25, -0.2) is 4.39 Å². The molecule has 0 fully saturated rings. The predicted octanol–water partition coefficient (Wildman–Crippen LogP) is 4.10. The van der Waals surface area contributed by atoms with Crippen LogP contribution in [-0.4, -0.2) is 7.11 Å². The van der Waals surface area contributed by atoms with Gasteiger partial charge in [-0.1, -0.05) is 42.8 Å². The second-order valence-corrected chi connectivity index (χ2v) is 5.06. The molecular formula is C16H17ClFNO. The summed E-state index contributed by atoms with van der Waals surface area (Å²) in [6, 6.07) is 11.8. The average molecular weight is 294 g/mol. The van der Waals surface area contributed by atoms with Gasteiger partial charge in [-0.15, -0.1) is 0 Å². The standard InChI is InChI=1S/C16H17ClFNO/c1-3-16(19,12-6-4-5-7-14(12)18)11-8-9-13(17)15(10-11)20-2/h4-10H,3,19H2,1-2H3. The van der Waals surface area contributed by atoms with Crippen molar-refractivity contribution in [3.63, 3.8) is 0 Å². The van der Waals surface area contributed by atoms with E-state index in [4.69, 9.17) is 22.1 Å². The first kappa shape index (κ1) is 14.8. The molecule has 4 heteroatoms. The summed E-state index contributed by atoms with van der Waals surface area (Å²) in [4.78, 5) is 0. The third-order valence-electron chi connectivity index (χ3n) is 3.58. The second-order valence-electron chi connectivity index (χ2n) is 4.65. The van der Waals surface area contributed by atoms with Gasteiger partial charge in [0.2, 0.25) is 0 Å². The highest BCUT2D eigenvalue weighted by atomic mass is 35.5. The monoisotopic (exact) mass is 293 g/mol. The molecule has 106 valence electrons. The molecular weight excluding hydrogens is 277 g/mol. The molecule has 0 amide bonds. The van der Waals surface area contributed by atoms with Gasteiger partial charge < -0.3 is 10.5 Å². The maximum absolute atomic E-state index is 14.1. The molecule has 0 aromatic heterocycles. The molecule has 2 nitrogen and oxygen atoms in total. The van der Waals surface area contributed by atoms with Crippen LogP contribution in [0.4, 0.5) is 4.39 Å². The number of rotatable bonds is 4. The van der Waals surface area contributed by atoms with Gasteiger partial charge in [0.25, 0.3) is 0 Å². The maximum Gasteiger partial charge on any atom is 0.137 e. The molecule has 0 aliphatic rings. The Balaban J connectivity index is 2.59. The molecule has 20 heavy (non-hydrogen) atoms. The van der Waals surface area contributed by atoms with Gasteiger partial charge in [-0.2, -0.15) is 0 Å². The van der Waals surface area contributed by atoms with E-state index in [9.17, 15) is 4.39 Å². The summed E-state index contributed by atoms with van der Waals surface area (Å²) in [7, 11) is 1.54. The minimum Gasteiger partial charge on any atom is -0.495 e. The fourth-order valence-corrected chi connectivity index (χ4v) is 2.51. The third kappa shape index (κ3) is 2.51. The molecule has 0 radical (unpaired) electrons. The molecule has 0 heterocycles. The number of methoxy groups -OCH3 is 1. The van der Waals surface area contributed by atoms with Crippen LogP contribution >= 0.6 is 11.6 Å². The number of hydrogen-bond donors (Lipinski definition) is 1. The Hall–Kier alpha value is -1.58. The van der Waals surface area contributed by atoms with Crippen molar-refractivity contribution in [3.8, 4) is 5.75 Å². The zero-order valence-electron chi connectivity index (χ0n) is 11.5. The van der Waals surface area contributed by atoms with Crippen LogP contribution in [-0.2, 0) is 5.54 Å². The maximum atomic E-state index is 14.1. The van der Waals surface area contributed by atoms with Crippen molar-refractivity contribution in [2.75, 3.05) is 7.11 Å². The molecule has 1 atom stereocenters. The van der Waals surface area contributed by atoms with E-state index in [2.05, 4.69) is 0 Å². The normalized spacial score (nSPS) is 13.8. The second kappa shape index (κ2) is 5.81. The predicted molar refractivity (Wildman–Crippen MR) is 79.7 cm³/mol. The molecule has 1 unspecified atom stereocenters. The van der Waals surface area contributed by atoms with E-state index in [1.54, 1.807) is 36.4 Å². The number of benzene rings is 2. The van der Waals surface area contributed by atoms with Crippen molar-refractivity contribution in [2.24, 2.45) is 5.73 Å². The van der Waals surface area contributed by atoms with E-state index in [1.165, 1.54) is 13.2 Å². The topological polar surface area (TPSA) is 35.2 Å². The lowest BCUT2D eigenvalue weighted by molar-refractivity contribution is 0.411. The Labute approximate surface area is 123 Å². The summed E-state index contributed by atoms with van der Waals surface area (Å²) in [5.74, 6) is 0.217. The van der Waals surface area contributed by atoms with Crippen LogP contribution in [0.3, 0.4) is 0 Å². The van der Waals surface area contributed by atoms with Crippen molar-refractivity contribution >= 4 is 11.6 Å². The molecule has 2 aromatic carbocycles. The van der Waals surface area contributed by atoms with Crippen molar-refractivity contribution in [1.29, 1.82) is 0 Å². The fourth-order valence-electron chi connectivity index (χ4n) is 2.31. The number of nitrogens with two attached hydrogens (primary N) is 1. The number of halogens is 2. The number of ether oxygens (including phenoxy) is 1. The summed E-state index contributed by atoms with van der Waals surface area (Å²) in [6.07, 6.45) is 0.554. The van der Waals surface area contributed by atoms with Crippen molar-refractivity contribution in [3.05, 3.63) is 64.4 Å². The van der Waals surface area contributed by atoms with Crippen LogP contribution in [0.1, 0.15) is 24.5 Å². The Bertz CT molecular complexity index is 617. The van der Waals surface area contributed by atoms with Gasteiger partial charge in [0, 0.05) is 5.56 Å². The van der Waals surface area contributed by atoms with Crippen LogP contribution in [0.2, 0.25) is 5.02 Å². The molecule has 0 aliphatic heterocycles. The zero-order valence-corrected chi connectivity index (χ0v) is 12.2. The molecule has 0 bridgehead atoms. The summed E-state index contributed by atoms with van der Waals surface area (Å²) in [6.45, 7) is 1.92. The Kier molecular flexibility index (Phi) is 4.31. The number of hydrogen-bond acceptors (Lipinski definition) is 2. The van der Waals surface area contributed by atoms with Crippen LogP contribution in [0.5, 0.6) is 5.75 Å². The highest BCUT2D eigenvalue weighted by Gasteiger charge is 2.30. The van der Waals surface area contributed by atoms with Gasteiger partial charge in [0.1, 0.15) is 11.6 Å². The van der Waals surface area contributed by atoms with Crippen molar-refractivity contribution < 1.29 is 9.13 Å². The summed E-state index contributed by atoms with van der Waals surface area (Å²) < 4.78 is 19.3. The Morgan fingerprint density at radius 3 is 2.55 bits per heavy atom. The van der Waals surface area contributed by atoms with E-state index in [0.29, 0.717) is 22.8 Å². The minimum absolute atomic E-state index is 0.314. The summed E-state index contributed by atoms with van der Waals surface area (Å²) in [5, 5.41) is 0.503. The molecule has 2 aromatic rings. The first-order chi connectivity index (χ1) is 9.52. The molecule has 0 aliphatic carbocycles. The van der Waals surface area contributed by atoms with E-state index in [0.717, 1.165) is 5.56 Å². The van der Waals surface area contributed by atoms with Crippen LogP contribution < -0.4 is 10.5 Å². The smallest absolute Gasteiger partial charge is 0.137 e. The lowest BCUT2D eigenvalue weighted by atomic mass is 9.81. The summed E-state index contributed by atoms with van der Waals surface area (Å²) in [5.41, 5.74) is 6.80. The van der Waals surface area contributed by atoms with E-state index < -0.39 is 5.54 Å². The van der Waals surface area contributed by atoms with Crippen LogP contribution in [0, 0.1) is 5.82 Å².